The standard InChI is InChI=1S/C17H34N2/c1-4-6-15-8-10-17(11-9-15)18-14(2)16-7-5-12-19(3)13-16/h14-18H,4-13H2,1-3H3. The Morgan fingerprint density at radius 1 is 1.16 bits per heavy atom. The number of nitrogens with zero attached hydrogens (tertiary/aromatic N) is 1. The number of rotatable bonds is 5. The summed E-state index contributed by atoms with van der Waals surface area (Å²) in [6, 6.07) is 1.51. The Bertz CT molecular complexity index is 246. The van der Waals surface area contributed by atoms with Gasteiger partial charge in [0.2, 0.25) is 0 Å². The van der Waals surface area contributed by atoms with E-state index in [9.17, 15) is 0 Å². The Balaban J connectivity index is 1.69. The minimum Gasteiger partial charge on any atom is -0.311 e. The molecule has 2 rings (SSSR count). The van der Waals surface area contributed by atoms with Gasteiger partial charge in [-0.05, 0) is 70.9 Å². The lowest BCUT2D eigenvalue weighted by Gasteiger charge is -2.37. The minimum absolute atomic E-state index is 0.704. The van der Waals surface area contributed by atoms with Crippen LogP contribution in [0.1, 0.15) is 65.2 Å². The minimum atomic E-state index is 0.704. The highest BCUT2D eigenvalue weighted by Crippen LogP contribution is 2.29. The zero-order valence-electron chi connectivity index (χ0n) is 13.3. The van der Waals surface area contributed by atoms with Gasteiger partial charge in [-0.2, -0.15) is 0 Å². The lowest BCUT2D eigenvalue weighted by Crippen LogP contribution is -2.47. The summed E-state index contributed by atoms with van der Waals surface area (Å²) in [5.41, 5.74) is 0. The molecule has 1 aliphatic carbocycles. The van der Waals surface area contributed by atoms with E-state index in [1.165, 1.54) is 64.5 Å². The van der Waals surface area contributed by atoms with Gasteiger partial charge in [0, 0.05) is 18.6 Å². The van der Waals surface area contributed by atoms with Crippen LogP contribution < -0.4 is 5.32 Å². The molecule has 2 atom stereocenters. The van der Waals surface area contributed by atoms with Crippen LogP contribution >= 0.6 is 0 Å². The van der Waals surface area contributed by atoms with Gasteiger partial charge >= 0.3 is 0 Å². The predicted octanol–water partition coefficient (Wildman–Crippen LogP) is 3.67. The zero-order valence-corrected chi connectivity index (χ0v) is 13.3. The molecule has 0 aromatic heterocycles. The summed E-state index contributed by atoms with van der Waals surface area (Å²) in [6.45, 7) is 7.33. The summed E-state index contributed by atoms with van der Waals surface area (Å²) in [7, 11) is 2.27. The molecule has 1 saturated carbocycles. The molecule has 2 unspecified atom stereocenters. The maximum atomic E-state index is 3.95. The Morgan fingerprint density at radius 2 is 1.89 bits per heavy atom. The fourth-order valence-corrected chi connectivity index (χ4v) is 4.15. The molecule has 2 aliphatic rings. The molecular formula is C17H34N2. The SMILES string of the molecule is CCCC1CCC(NC(C)C2CCCN(C)C2)CC1. The molecule has 0 radical (unpaired) electrons. The molecule has 0 aromatic carbocycles. The molecule has 19 heavy (non-hydrogen) atoms. The van der Waals surface area contributed by atoms with Crippen LogP contribution in [0.25, 0.3) is 0 Å². The van der Waals surface area contributed by atoms with Crippen LogP contribution in [0, 0.1) is 11.8 Å². The fourth-order valence-electron chi connectivity index (χ4n) is 4.15. The topological polar surface area (TPSA) is 15.3 Å². The van der Waals surface area contributed by atoms with Gasteiger partial charge in [-0.3, -0.25) is 0 Å². The first-order valence-corrected chi connectivity index (χ1v) is 8.63. The van der Waals surface area contributed by atoms with Gasteiger partial charge in [-0.25, -0.2) is 0 Å². The van der Waals surface area contributed by atoms with E-state index >= 15 is 0 Å². The summed E-state index contributed by atoms with van der Waals surface area (Å²) in [5.74, 6) is 1.89. The van der Waals surface area contributed by atoms with Crippen molar-refractivity contribution in [2.75, 3.05) is 20.1 Å². The number of nitrogens with one attached hydrogen (secondary N) is 1. The Hall–Kier alpha value is -0.0800. The molecule has 112 valence electrons. The van der Waals surface area contributed by atoms with E-state index in [4.69, 9.17) is 0 Å². The molecule has 1 heterocycles. The van der Waals surface area contributed by atoms with Crippen molar-refractivity contribution in [1.82, 2.24) is 10.2 Å². The van der Waals surface area contributed by atoms with Gasteiger partial charge in [0.15, 0.2) is 0 Å². The smallest absolute Gasteiger partial charge is 0.00818 e. The first-order valence-electron chi connectivity index (χ1n) is 8.63. The van der Waals surface area contributed by atoms with Gasteiger partial charge in [-0.1, -0.05) is 19.8 Å². The van der Waals surface area contributed by atoms with E-state index in [1.807, 2.05) is 0 Å². The lowest BCUT2D eigenvalue weighted by atomic mass is 9.82. The van der Waals surface area contributed by atoms with Crippen molar-refractivity contribution < 1.29 is 0 Å². The Labute approximate surface area is 120 Å². The average Bonchev–Trinajstić information content (AvgIpc) is 2.41. The summed E-state index contributed by atoms with van der Waals surface area (Å²) in [6.07, 6.45) is 11.4. The van der Waals surface area contributed by atoms with Crippen LogP contribution in [0.3, 0.4) is 0 Å². The first kappa shape index (κ1) is 15.3. The van der Waals surface area contributed by atoms with Crippen molar-refractivity contribution in [3.05, 3.63) is 0 Å². The van der Waals surface area contributed by atoms with Gasteiger partial charge < -0.3 is 10.2 Å². The van der Waals surface area contributed by atoms with Crippen LogP contribution in [0.15, 0.2) is 0 Å². The van der Waals surface area contributed by atoms with Crippen molar-refractivity contribution in [2.45, 2.75) is 77.3 Å². The monoisotopic (exact) mass is 266 g/mol. The highest BCUT2D eigenvalue weighted by molar-refractivity contribution is 4.84. The number of piperidine rings is 1. The largest absolute Gasteiger partial charge is 0.311 e. The van der Waals surface area contributed by atoms with Crippen molar-refractivity contribution >= 4 is 0 Å². The fraction of sp³-hybridized carbons (Fsp3) is 1.00. The molecule has 0 aromatic rings. The quantitative estimate of drug-likeness (QED) is 0.817. The van der Waals surface area contributed by atoms with Crippen molar-refractivity contribution in [3.8, 4) is 0 Å². The molecule has 2 fully saturated rings. The van der Waals surface area contributed by atoms with Crippen LogP contribution in [0.4, 0.5) is 0 Å². The van der Waals surface area contributed by atoms with Gasteiger partial charge in [-0.15, -0.1) is 0 Å². The van der Waals surface area contributed by atoms with Gasteiger partial charge in [0.1, 0.15) is 0 Å². The normalized spacial score (nSPS) is 35.2. The molecule has 0 spiro atoms. The van der Waals surface area contributed by atoms with E-state index in [2.05, 4.69) is 31.1 Å². The van der Waals surface area contributed by atoms with Gasteiger partial charge in [0.25, 0.3) is 0 Å². The number of hydrogen-bond acceptors (Lipinski definition) is 2. The highest BCUT2D eigenvalue weighted by Gasteiger charge is 2.26. The van der Waals surface area contributed by atoms with Crippen LogP contribution in [0.2, 0.25) is 0 Å². The molecule has 1 saturated heterocycles. The summed E-state index contributed by atoms with van der Waals surface area (Å²) < 4.78 is 0. The molecule has 1 aliphatic heterocycles. The molecule has 2 heteroatoms. The molecule has 1 N–H and O–H groups in total. The zero-order chi connectivity index (χ0) is 13.7. The first-order chi connectivity index (χ1) is 9.19. The van der Waals surface area contributed by atoms with Gasteiger partial charge in [0.05, 0.1) is 0 Å². The third-order valence-electron chi connectivity index (χ3n) is 5.41. The van der Waals surface area contributed by atoms with E-state index in [0.717, 1.165) is 17.9 Å². The summed E-state index contributed by atoms with van der Waals surface area (Å²) in [5, 5.41) is 3.95. The van der Waals surface area contributed by atoms with Crippen LogP contribution in [0.5, 0.6) is 0 Å². The Kier molecular flexibility index (Phi) is 6.15. The summed E-state index contributed by atoms with van der Waals surface area (Å²) >= 11 is 0. The number of likely N-dealkylation sites (tertiary alicyclic amines) is 1. The van der Waals surface area contributed by atoms with E-state index in [0.29, 0.717) is 6.04 Å². The van der Waals surface area contributed by atoms with E-state index in [1.54, 1.807) is 0 Å². The second-order valence-electron chi connectivity index (χ2n) is 7.13. The molecule has 0 amide bonds. The van der Waals surface area contributed by atoms with E-state index < -0.39 is 0 Å². The third-order valence-corrected chi connectivity index (χ3v) is 5.41. The number of hydrogen-bond donors (Lipinski definition) is 1. The molecule has 2 nitrogen and oxygen atoms in total. The van der Waals surface area contributed by atoms with Crippen LogP contribution in [-0.4, -0.2) is 37.1 Å². The third kappa shape index (κ3) is 4.75. The van der Waals surface area contributed by atoms with Crippen LogP contribution in [-0.2, 0) is 0 Å². The molecular weight excluding hydrogens is 232 g/mol. The summed E-state index contributed by atoms with van der Waals surface area (Å²) in [4.78, 5) is 2.50. The lowest BCUT2D eigenvalue weighted by molar-refractivity contribution is 0.162. The maximum absolute atomic E-state index is 3.95. The van der Waals surface area contributed by atoms with Crippen molar-refractivity contribution in [1.29, 1.82) is 0 Å². The maximum Gasteiger partial charge on any atom is 0.00818 e. The van der Waals surface area contributed by atoms with Crippen molar-refractivity contribution in [3.63, 3.8) is 0 Å². The van der Waals surface area contributed by atoms with E-state index in [-0.39, 0.29) is 0 Å². The highest BCUT2D eigenvalue weighted by atomic mass is 15.1. The van der Waals surface area contributed by atoms with Crippen molar-refractivity contribution in [2.24, 2.45) is 11.8 Å². The second-order valence-corrected chi connectivity index (χ2v) is 7.13. The predicted molar refractivity (Wildman–Crippen MR) is 83.5 cm³/mol. The average molecular weight is 266 g/mol. The molecule has 0 bridgehead atoms. The Morgan fingerprint density at radius 3 is 2.53 bits per heavy atom. The second kappa shape index (κ2) is 7.64.